The molecule has 0 spiro atoms. The molecule has 4 aromatic heterocycles. The molecule has 4 heterocycles. The van der Waals surface area contributed by atoms with E-state index in [0.717, 1.165) is 39.8 Å². The number of nitrogens with zero attached hydrogens (tertiary/aromatic N) is 8. The second-order valence-corrected chi connectivity index (χ2v) is 10.0. The average Bonchev–Trinajstić information content (AvgIpc) is 3.36. The molecule has 4 aromatic rings. The highest BCUT2D eigenvalue weighted by molar-refractivity contribution is 6.36. The van der Waals surface area contributed by atoms with Gasteiger partial charge in [-0.25, -0.2) is 23.8 Å². The second kappa shape index (κ2) is 14.3. The Labute approximate surface area is 241 Å². The number of aromatic nitrogens is 6. The van der Waals surface area contributed by atoms with Crippen LogP contribution >= 0.6 is 46.6 Å². The third-order valence-electron chi connectivity index (χ3n) is 5.07. The van der Waals surface area contributed by atoms with Gasteiger partial charge in [-0.3, -0.25) is 0 Å². The Balaban J connectivity index is 0.000000230. The van der Waals surface area contributed by atoms with E-state index in [2.05, 4.69) is 64.1 Å². The van der Waals surface area contributed by atoms with Gasteiger partial charge in [0.1, 0.15) is 29.2 Å². The minimum Gasteiger partial charge on any atom is -0.370 e. The summed E-state index contributed by atoms with van der Waals surface area (Å²) < 4.78 is 3.41. The fourth-order valence-corrected chi connectivity index (χ4v) is 4.29. The first-order valence-electron chi connectivity index (χ1n) is 11.5. The van der Waals surface area contributed by atoms with Gasteiger partial charge in [0.15, 0.2) is 10.3 Å². The monoisotopic (exact) mass is 596 g/mol. The van der Waals surface area contributed by atoms with Crippen molar-refractivity contribution in [1.29, 1.82) is 10.5 Å². The van der Waals surface area contributed by atoms with Crippen molar-refractivity contribution >= 4 is 63.3 Å². The van der Waals surface area contributed by atoms with Crippen molar-refractivity contribution in [3.63, 3.8) is 0 Å². The smallest absolute Gasteiger partial charge is 0.152 e. The molecule has 0 saturated carbocycles. The van der Waals surface area contributed by atoms with Crippen molar-refractivity contribution in [3.05, 3.63) is 50.5 Å². The van der Waals surface area contributed by atoms with Crippen molar-refractivity contribution < 1.29 is 0 Å². The Morgan fingerprint density at radius 3 is 1.74 bits per heavy atom. The summed E-state index contributed by atoms with van der Waals surface area (Å²) >= 11 is 22.8. The van der Waals surface area contributed by atoms with Crippen LogP contribution in [0.3, 0.4) is 0 Å². The zero-order chi connectivity index (χ0) is 28.6. The van der Waals surface area contributed by atoms with Crippen molar-refractivity contribution in [1.82, 2.24) is 34.0 Å². The molecule has 14 heteroatoms. The summed E-state index contributed by atoms with van der Waals surface area (Å²) in [6, 6.07) is 7.19. The van der Waals surface area contributed by atoms with E-state index in [0.29, 0.717) is 21.2 Å². The van der Waals surface area contributed by atoms with Crippen LogP contribution in [0.1, 0.15) is 62.6 Å². The van der Waals surface area contributed by atoms with Crippen LogP contribution in [0.15, 0.2) is 12.1 Å². The topological polar surface area (TPSA) is 132 Å². The molecular formula is C24H28Cl4N10. The minimum atomic E-state index is 0.210. The molecule has 0 atom stereocenters. The standard InChI is InChI=1S/C12H14ClN5.C10H11Cl2N3.C2H3ClN2/c1-7(2)11-12-9(15-5-4-14)6-10(13)17-18(12)8(3)16-11;1-5(2)9-10-7(11)4-8(12)14-15(10)6(3)13-9;3-5-2-1-4/h6-7,15H,5H2,1-3H3;4-5H,1-3H3;5H,2H2. The molecule has 2 N–H and O–H groups in total. The van der Waals surface area contributed by atoms with Gasteiger partial charge in [0.05, 0.1) is 40.8 Å². The Morgan fingerprint density at radius 1 is 0.816 bits per heavy atom. The zero-order valence-electron chi connectivity index (χ0n) is 21.8. The van der Waals surface area contributed by atoms with Crippen LogP contribution in [0, 0.1) is 36.5 Å². The first kappa shape index (κ1) is 31.4. The largest absolute Gasteiger partial charge is 0.370 e. The maximum atomic E-state index is 8.67. The van der Waals surface area contributed by atoms with Crippen LogP contribution in [0.25, 0.3) is 11.0 Å². The van der Waals surface area contributed by atoms with E-state index < -0.39 is 0 Å². The summed E-state index contributed by atoms with van der Waals surface area (Å²) in [7, 11) is 0. The molecule has 0 aliphatic heterocycles. The number of hydrogen-bond acceptors (Lipinski definition) is 8. The van der Waals surface area contributed by atoms with Crippen LogP contribution in [-0.2, 0) is 0 Å². The number of nitrogens with one attached hydrogen (secondary N) is 2. The molecule has 0 aliphatic rings. The molecular weight excluding hydrogens is 570 g/mol. The van der Waals surface area contributed by atoms with Gasteiger partial charge in [0.2, 0.25) is 0 Å². The molecule has 38 heavy (non-hydrogen) atoms. The molecule has 0 saturated heterocycles. The van der Waals surface area contributed by atoms with E-state index in [4.69, 9.17) is 57.1 Å². The van der Waals surface area contributed by atoms with Crippen LogP contribution in [-0.4, -0.2) is 42.3 Å². The summed E-state index contributed by atoms with van der Waals surface area (Å²) in [5.74, 6) is 2.18. The summed E-state index contributed by atoms with van der Waals surface area (Å²) in [5.41, 5.74) is 4.45. The first-order chi connectivity index (χ1) is 18.0. The number of hydrogen-bond donors (Lipinski definition) is 2. The summed E-state index contributed by atoms with van der Waals surface area (Å²) in [6.07, 6.45) is 0. The Bertz CT molecular complexity index is 1480. The van der Waals surface area contributed by atoms with E-state index in [9.17, 15) is 0 Å². The highest BCUT2D eigenvalue weighted by Crippen LogP contribution is 2.29. The zero-order valence-corrected chi connectivity index (χ0v) is 24.8. The van der Waals surface area contributed by atoms with Crippen LogP contribution in [0.5, 0.6) is 0 Å². The van der Waals surface area contributed by atoms with Crippen molar-refractivity contribution in [2.75, 3.05) is 18.4 Å². The van der Waals surface area contributed by atoms with E-state index in [1.807, 2.05) is 13.8 Å². The van der Waals surface area contributed by atoms with Gasteiger partial charge < -0.3 is 5.32 Å². The molecule has 10 nitrogen and oxygen atoms in total. The molecule has 0 radical (unpaired) electrons. The average molecular weight is 598 g/mol. The SMILES string of the molecule is Cc1nc(C(C)C)c2c(Cl)cc(Cl)nn12.Cc1nc(C(C)C)c2c(NCC#N)cc(Cl)nn12.N#CCNCl. The van der Waals surface area contributed by atoms with E-state index in [1.165, 1.54) is 0 Å². The van der Waals surface area contributed by atoms with E-state index in [-0.39, 0.29) is 19.0 Å². The quantitative estimate of drug-likeness (QED) is 0.197. The van der Waals surface area contributed by atoms with Gasteiger partial charge in [-0.15, -0.1) is 0 Å². The Kier molecular flexibility index (Phi) is 11.8. The van der Waals surface area contributed by atoms with Gasteiger partial charge in [0, 0.05) is 6.07 Å². The van der Waals surface area contributed by atoms with Crippen molar-refractivity contribution in [2.45, 2.75) is 53.4 Å². The maximum absolute atomic E-state index is 8.67. The van der Waals surface area contributed by atoms with E-state index in [1.54, 1.807) is 27.2 Å². The lowest BCUT2D eigenvalue weighted by molar-refractivity contribution is 0.834. The highest BCUT2D eigenvalue weighted by atomic mass is 35.5. The lowest BCUT2D eigenvalue weighted by atomic mass is 10.1. The third kappa shape index (κ3) is 7.59. The minimum absolute atomic E-state index is 0.210. The number of aryl methyl sites for hydroxylation is 2. The van der Waals surface area contributed by atoms with Gasteiger partial charge in [-0.1, -0.05) is 62.5 Å². The number of rotatable bonds is 5. The fraction of sp³-hybridized carbons (Fsp3) is 0.417. The highest BCUT2D eigenvalue weighted by Gasteiger charge is 2.17. The first-order valence-corrected chi connectivity index (χ1v) is 13.1. The number of imidazole rings is 2. The van der Waals surface area contributed by atoms with Gasteiger partial charge in [-0.2, -0.15) is 20.7 Å². The molecule has 0 bridgehead atoms. The third-order valence-corrected chi connectivity index (χ3v) is 5.86. The summed E-state index contributed by atoms with van der Waals surface area (Å²) in [5, 5.41) is 29.1. The molecule has 202 valence electrons. The molecule has 0 fully saturated rings. The summed E-state index contributed by atoms with van der Waals surface area (Å²) in [4.78, 5) is 11.1. The van der Waals surface area contributed by atoms with Crippen molar-refractivity contribution in [3.8, 4) is 12.1 Å². The number of anilines is 1. The van der Waals surface area contributed by atoms with Crippen LogP contribution in [0.2, 0.25) is 15.3 Å². The lowest BCUT2D eigenvalue weighted by Crippen LogP contribution is -2.04. The molecule has 4 rings (SSSR count). The normalized spacial score (nSPS) is 10.6. The summed E-state index contributed by atoms with van der Waals surface area (Å²) in [6.45, 7) is 12.5. The molecule has 0 aromatic carbocycles. The van der Waals surface area contributed by atoms with Crippen LogP contribution in [0.4, 0.5) is 5.69 Å². The van der Waals surface area contributed by atoms with Crippen LogP contribution < -0.4 is 10.2 Å². The Morgan fingerprint density at radius 2 is 1.29 bits per heavy atom. The van der Waals surface area contributed by atoms with E-state index >= 15 is 0 Å². The molecule has 0 amide bonds. The van der Waals surface area contributed by atoms with Gasteiger partial charge in [0.25, 0.3) is 0 Å². The van der Waals surface area contributed by atoms with Gasteiger partial charge in [-0.05, 0) is 43.5 Å². The number of halogens is 4. The predicted molar refractivity (Wildman–Crippen MR) is 152 cm³/mol. The lowest BCUT2D eigenvalue weighted by Gasteiger charge is -2.08. The number of nitriles is 2. The predicted octanol–water partition coefficient (Wildman–Crippen LogP) is 6.47. The fourth-order valence-electron chi connectivity index (χ4n) is 3.52. The molecule has 0 unspecified atom stereocenters. The van der Waals surface area contributed by atoms with Gasteiger partial charge >= 0.3 is 0 Å². The maximum Gasteiger partial charge on any atom is 0.152 e. The van der Waals surface area contributed by atoms with Crippen molar-refractivity contribution in [2.24, 2.45) is 0 Å². The number of fused-ring (bicyclic) bond motifs is 2. The Hall–Kier alpha value is -2.86. The second-order valence-electron chi connectivity index (χ2n) is 8.59. The molecule has 0 aliphatic carbocycles.